The normalized spacial score (nSPS) is 14.8. The minimum Gasteiger partial charge on any atom is -0.358 e. The Morgan fingerprint density at radius 1 is 1.16 bits per heavy atom. The molecule has 160 valence electrons. The second-order valence-corrected chi connectivity index (χ2v) is 9.16. The first-order chi connectivity index (χ1) is 15.6. The van der Waals surface area contributed by atoms with Crippen LogP contribution in [0.25, 0.3) is 26.9 Å². The topological polar surface area (TPSA) is 114 Å². The number of nitrogens with one attached hydrogen (secondary N) is 2. The van der Waals surface area contributed by atoms with Gasteiger partial charge >= 0.3 is 0 Å². The highest BCUT2D eigenvalue weighted by molar-refractivity contribution is 7.16. The zero-order valence-electron chi connectivity index (χ0n) is 16.3. The minimum absolute atomic E-state index is 0.263. The van der Waals surface area contributed by atoms with Gasteiger partial charge < -0.3 is 5.32 Å². The predicted octanol–water partition coefficient (Wildman–Crippen LogP) is 4.38. The van der Waals surface area contributed by atoms with Gasteiger partial charge in [0.05, 0.1) is 44.4 Å². The molecule has 0 spiro atoms. The molecule has 1 fully saturated rings. The highest BCUT2D eigenvalue weighted by Gasteiger charge is 2.37. The lowest BCUT2D eigenvalue weighted by Crippen LogP contribution is -2.29. The van der Waals surface area contributed by atoms with Gasteiger partial charge in [-0.3, -0.25) is 14.5 Å². The molecule has 5 aromatic rings. The first kappa shape index (κ1) is 19.6. The molecule has 2 N–H and O–H groups in total. The van der Waals surface area contributed by atoms with E-state index in [1.54, 1.807) is 30.0 Å². The highest BCUT2D eigenvalue weighted by Crippen LogP contribution is 2.43. The van der Waals surface area contributed by atoms with Crippen LogP contribution in [0.1, 0.15) is 24.7 Å². The van der Waals surface area contributed by atoms with Gasteiger partial charge in [-0.2, -0.15) is 5.10 Å². The summed E-state index contributed by atoms with van der Waals surface area (Å²) in [5.74, 6) is 1.37. The quantitative estimate of drug-likeness (QED) is 0.380. The summed E-state index contributed by atoms with van der Waals surface area (Å²) in [6.45, 7) is 0. The molecule has 1 saturated carbocycles. The van der Waals surface area contributed by atoms with Crippen LogP contribution in [0, 0.1) is 5.92 Å². The van der Waals surface area contributed by atoms with E-state index in [0.717, 1.165) is 17.7 Å². The number of aromatic nitrogens is 7. The number of hydrogen-bond acceptors (Lipinski definition) is 8. The lowest BCUT2D eigenvalue weighted by atomic mass is 10.1. The average Bonchev–Trinajstić information content (AvgIpc) is 3.27. The van der Waals surface area contributed by atoms with Crippen molar-refractivity contribution in [2.45, 2.75) is 18.9 Å². The van der Waals surface area contributed by atoms with E-state index in [1.165, 1.54) is 22.2 Å². The lowest BCUT2D eigenvalue weighted by molar-refractivity contribution is 0.610. The zero-order valence-corrected chi connectivity index (χ0v) is 18.6. The Bertz CT molecular complexity index is 1530. The number of rotatable bonds is 5. The molecule has 1 aliphatic carbocycles. The third kappa shape index (κ3) is 3.14. The van der Waals surface area contributed by atoms with Crippen molar-refractivity contribution >= 4 is 61.6 Å². The van der Waals surface area contributed by atoms with Crippen molar-refractivity contribution in [1.82, 2.24) is 34.7 Å². The summed E-state index contributed by atoms with van der Waals surface area (Å²) in [7, 11) is 0. The predicted molar refractivity (Wildman–Crippen MR) is 124 cm³/mol. The van der Waals surface area contributed by atoms with E-state index >= 15 is 0 Å². The maximum atomic E-state index is 13.7. The summed E-state index contributed by atoms with van der Waals surface area (Å²) in [4.78, 5) is 32.4. The molecule has 12 heteroatoms. The van der Waals surface area contributed by atoms with E-state index in [2.05, 4.69) is 30.5 Å². The van der Waals surface area contributed by atoms with Crippen LogP contribution < -0.4 is 10.9 Å². The Morgan fingerprint density at radius 3 is 2.78 bits per heavy atom. The van der Waals surface area contributed by atoms with Gasteiger partial charge in [-0.25, -0.2) is 19.9 Å². The molecule has 1 atom stereocenters. The Morgan fingerprint density at radius 2 is 2.00 bits per heavy atom. The number of hydrogen-bond donors (Lipinski definition) is 2. The number of fused-ring (bicyclic) bond motifs is 2. The number of thiazole rings is 1. The fourth-order valence-corrected chi connectivity index (χ4v) is 4.89. The van der Waals surface area contributed by atoms with Crippen molar-refractivity contribution in [2.75, 3.05) is 5.32 Å². The van der Waals surface area contributed by atoms with Crippen molar-refractivity contribution in [1.29, 1.82) is 0 Å². The molecule has 0 bridgehead atoms. The molecular formula is C20H14Cl2N8OS. The van der Waals surface area contributed by atoms with Crippen LogP contribution in [0.3, 0.4) is 0 Å². The fraction of sp³-hybridized carbons (Fsp3) is 0.200. The largest absolute Gasteiger partial charge is 0.358 e. The molecule has 1 aromatic carbocycles. The van der Waals surface area contributed by atoms with Crippen LogP contribution >= 0.6 is 34.5 Å². The zero-order chi connectivity index (χ0) is 21.8. The molecule has 4 aromatic heterocycles. The van der Waals surface area contributed by atoms with Crippen LogP contribution in [-0.2, 0) is 0 Å². The van der Waals surface area contributed by atoms with Crippen LogP contribution in [0.5, 0.6) is 0 Å². The molecule has 1 aliphatic rings. The van der Waals surface area contributed by atoms with Gasteiger partial charge in [-0.1, -0.05) is 23.2 Å². The van der Waals surface area contributed by atoms with E-state index in [4.69, 9.17) is 28.2 Å². The molecule has 1 unspecified atom stereocenters. The van der Waals surface area contributed by atoms with E-state index in [1.807, 2.05) is 0 Å². The van der Waals surface area contributed by atoms with Crippen molar-refractivity contribution in [3.63, 3.8) is 0 Å². The second kappa shape index (κ2) is 7.51. The lowest BCUT2D eigenvalue weighted by Gasteiger charge is -2.22. The van der Waals surface area contributed by atoms with Gasteiger partial charge in [0.15, 0.2) is 5.82 Å². The van der Waals surface area contributed by atoms with Crippen molar-refractivity contribution in [2.24, 2.45) is 5.92 Å². The summed E-state index contributed by atoms with van der Waals surface area (Å²) in [6.07, 6.45) is 6.70. The summed E-state index contributed by atoms with van der Waals surface area (Å²) in [5.41, 5.74) is 3.03. The number of H-pyrrole nitrogens is 1. The van der Waals surface area contributed by atoms with Gasteiger partial charge in [0.25, 0.3) is 5.56 Å². The maximum Gasteiger partial charge on any atom is 0.267 e. The SMILES string of the molecule is O=c1c2c(Cl)ccc(Cl)c2nc(C(Nc2ncnc3scnc23)C2CC2)n1-c1cn[nH]c1. The molecule has 0 aliphatic heterocycles. The van der Waals surface area contributed by atoms with Crippen LogP contribution in [0.15, 0.2) is 41.2 Å². The molecule has 0 saturated heterocycles. The third-order valence-electron chi connectivity index (χ3n) is 5.49. The van der Waals surface area contributed by atoms with Gasteiger partial charge in [0.1, 0.15) is 22.5 Å². The first-order valence-corrected chi connectivity index (χ1v) is 11.5. The monoisotopic (exact) mass is 484 g/mol. The van der Waals surface area contributed by atoms with Crippen LogP contribution in [0.4, 0.5) is 5.82 Å². The fourth-order valence-electron chi connectivity index (χ4n) is 3.83. The Labute approximate surface area is 194 Å². The highest BCUT2D eigenvalue weighted by atomic mass is 35.5. The van der Waals surface area contributed by atoms with Gasteiger partial charge in [-0.05, 0) is 30.9 Å². The average molecular weight is 485 g/mol. The standard InChI is InChI=1S/C20H14Cl2N8OS/c21-11-3-4-12(22)15-13(11)20(31)30(10-5-26-27-6-10)18(29-15)14(9-1-2-9)28-17-16-19(24-7-23-17)32-8-25-16/h3-9,14H,1-2H2,(H,26,27)(H,23,24,28). The second-order valence-electron chi connectivity index (χ2n) is 7.51. The van der Waals surface area contributed by atoms with E-state index in [9.17, 15) is 4.79 Å². The van der Waals surface area contributed by atoms with Crippen LogP contribution in [-0.4, -0.2) is 34.7 Å². The maximum absolute atomic E-state index is 13.7. The van der Waals surface area contributed by atoms with Crippen LogP contribution in [0.2, 0.25) is 10.0 Å². The number of anilines is 1. The van der Waals surface area contributed by atoms with Gasteiger partial charge in [0, 0.05) is 6.20 Å². The molecule has 9 nitrogen and oxygen atoms in total. The van der Waals surface area contributed by atoms with E-state index in [-0.39, 0.29) is 22.9 Å². The van der Waals surface area contributed by atoms with Crippen molar-refractivity contribution in [3.05, 3.63) is 62.6 Å². The van der Waals surface area contributed by atoms with Crippen molar-refractivity contribution in [3.8, 4) is 5.69 Å². The molecule has 0 amide bonds. The summed E-state index contributed by atoms with van der Waals surface area (Å²) >= 11 is 14.3. The van der Waals surface area contributed by atoms with Gasteiger partial charge in [-0.15, -0.1) is 11.3 Å². The molecular weight excluding hydrogens is 471 g/mol. The smallest absolute Gasteiger partial charge is 0.267 e. The molecule has 4 heterocycles. The minimum atomic E-state index is -0.312. The summed E-state index contributed by atoms with van der Waals surface area (Å²) < 4.78 is 1.53. The Hall–Kier alpha value is -3.08. The number of benzene rings is 1. The third-order valence-corrected chi connectivity index (χ3v) is 6.84. The van der Waals surface area contributed by atoms with E-state index < -0.39 is 0 Å². The summed E-state index contributed by atoms with van der Waals surface area (Å²) in [5, 5.41) is 11.2. The number of nitrogens with zero attached hydrogens (tertiary/aromatic N) is 6. The Kier molecular flexibility index (Phi) is 4.60. The molecule has 0 radical (unpaired) electrons. The molecule has 6 rings (SSSR count). The molecule has 32 heavy (non-hydrogen) atoms. The summed E-state index contributed by atoms with van der Waals surface area (Å²) in [6, 6.07) is 2.94. The van der Waals surface area contributed by atoms with Crippen molar-refractivity contribution < 1.29 is 0 Å². The van der Waals surface area contributed by atoms with Gasteiger partial charge in [0.2, 0.25) is 0 Å². The van der Waals surface area contributed by atoms with E-state index in [0.29, 0.717) is 38.4 Å². The Balaban J connectivity index is 1.61. The number of halogens is 2. The number of aromatic amines is 1. The first-order valence-electron chi connectivity index (χ1n) is 9.82.